The molecule has 0 radical (unpaired) electrons. The number of nitrogens with zero attached hydrogens (tertiary/aromatic N) is 2. The van der Waals surface area contributed by atoms with Gasteiger partial charge in [0.25, 0.3) is 0 Å². The molecule has 1 aromatic rings. The van der Waals surface area contributed by atoms with Crippen LogP contribution < -0.4 is 5.32 Å². The zero-order valence-electron chi connectivity index (χ0n) is 16.9. The lowest BCUT2D eigenvalue weighted by molar-refractivity contribution is -0.140. The van der Waals surface area contributed by atoms with E-state index >= 15 is 0 Å². The molecule has 0 saturated carbocycles. The quantitative estimate of drug-likeness (QED) is 0.617. The minimum atomic E-state index is -3.53. The van der Waals surface area contributed by atoms with Gasteiger partial charge in [0.05, 0.1) is 18.9 Å². The maximum Gasteiger partial charge on any atom is 0.242 e. The molecule has 1 N–H and O–H groups in total. The molecule has 1 aliphatic rings. The van der Waals surface area contributed by atoms with E-state index < -0.39 is 22.0 Å². The van der Waals surface area contributed by atoms with Gasteiger partial charge in [-0.2, -0.15) is 4.31 Å². The Kier molecular flexibility index (Phi) is 8.45. The summed E-state index contributed by atoms with van der Waals surface area (Å²) in [6, 6.07) is 6.14. The van der Waals surface area contributed by atoms with Gasteiger partial charge in [-0.05, 0) is 37.5 Å². The minimum absolute atomic E-state index is 0.0112. The van der Waals surface area contributed by atoms with Gasteiger partial charge < -0.3 is 15.0 Å². The number of carbonyl (C=O) groups excluding carboxylic acids is 2. The Morgan fingerprint density at radius 1 is 1.31 bits per heavy atom. The first-order valence-corrected chi connectivity index (χ1v) is 11.6. The zero-order valence-corrected chi connectivity index (χ0v) is 18.5. The molecule has 0 aromatic heterocycles. The normalized spacial score (nSPS) is 17.9. The van der Waals surface area contributed by atoms with Gasteiger partial charge in [-0.3, -0.25) is 9.59 Å². The number of likely N-dealkylation sites (N-methyl/N-ethyl adjacent to an activating group) is 1. The number of amides is 2. The molecule has 162 valence electrons. The van der Waals surface area contributed by atoms with E-state index in [0.717, 1.165) is 29.0 Å². The van der Waals surface area contributed by atoms with Crippen molar-refractivity contribution >= 4 is 33.4 Å². The van der Waals surface area contributed by atoms with Crippen LogP contribution in [0.25, 0.3) is 0 Å². The molecule has 0 bridgehead atoms. The predicted molar refractivity (Wildman–Crippen MR) is 111 cm³/mol. The van der Waals surface area contributed by atoms with E-state index in [0.29, 0.717) is 18.2 Å². The second kappa shape index (κ2) is 10.4. The number of nitrogens with one attached hydrogen (secondary N) is 1. The number of hydrogen-bond donors (Lipinski definition) is 1. The largest absolute Gasteiger partial charge is 0.376 e. The van der Waals surface area contributed by atoms with Crippen molar-refractivity contribution < 1.29 is 22.7 Å². The van der Waals surface area contributed by atoms with Crippen LogP contribution in [0.1, 0.15) is 25.3 Å². The van der Waals surface area contributed by atoms with Crippen LogP contribution in [0.3, 0.4) is 0 Å². The molecule has 2 atom stereocenters. The Morgan fingerprint density at radius 2 is 1.97 bits per heavy atom. The van der Waals surface area contributed by atoms with Gasteiger partial charge in [-0.25, -0.2) is 8.42 Å². The van der Waals surface area contributed by atoms with Crippen molar-refractivity contribution in [3.05, 3.63) is 34.9 Å². The van der Waals surface area contributed by atoms with Gasteiger partial charge in [0.1, 0.15) is 6.04 Å². The molecule has 1 fully saturated rings. The molecule has 8 nitrogen and oxygen atoms in total. The molecular formula is C19H28ClN3O5S. The number of halogens is 1. The first-order valence-electron chi connectivity index (χ1n) is 9.42. The summed E-state index contributed by atoms with van der Waals surface area (Å²) in [5.74, 6) is -0.780. The van der Waals surface area contributed by atoms with Crippen molar-refractivity contribution in [2.75, 3.05) is 33.0 Å². The molecule has 1 aliphatic heterocycles. The summed E-state index contributed by atoms with van der Waals surface area (Å²) in [5, 5.41) is 3.39. The number of sulfonamides is 1. The zero-order chi connectivity index (χ0) is 21.6. The highest BCUT2D eigenvalue weighted by Crippen LogP contribution is 2.15. The summed E-state index contributed by atoms with van der Waals surface area (Å²) in [7, 11) is -2.20. The van der Waals surface area contributed by atoms with E-state index in [1.807, 2.05) is 0 Å². The topological polar surface area (TPSA) is 96.0 Å². The third-order valence-electron chi connectivity index (χ3n) is 4.89. The molecule has 2 unspecified atom stereocenters. The highest BCUT2D eigenvalue weighted by Gasteiger charge is 2.29. The first-order chi connectivity index (χ1) is 13.6. The van der Waals surface area contributed by atoms with E-state index in [4.69, 9.17) is 16.3 Å². The molecule has 2 amide bonds. The minimum Gasteiger partial charge on any atom is -0.376 e. The maximum absolute atomic E-state index is 12.9. The third-order valence-corrected chi connectivity index (χ3v) is 6.40. The first kappa shape index (κ1) is 23.6. The molecule has 1 aromatic carbocycles. The summed E-state index contributed by atoms with van der Waals surface area (Å²) < 4.78 is 29.8. The smallest absolute Gasteiger partial charge is 0.242 e. The van der Waals surface area contributed by atoms with Crippen molar-refractivity contribution in [1.82, 2.24) is 14.5 Å². The van der Waals surface area contributed by atoms with Crippen LogP contribution in [-0.2, 0) is 30.9 Å². The molecule has 0 aliphatic carbocycles. The number of benzene rings is 1. The van der Waals surface area contributed by atoms with Gasteiger partial charge in [0.2, 0.25) is 21.8 Å². The predicted octanol–water partition coefficient (Wildman–Crippen LogP) is 1.24. The van der Waals surface area contributed by atoms with Crippen LogP contribution in [0, 0.1) is 0 Å². The van der Waals surface area contributed by atoms with Gasteiger partial charge in [0, 0.05) is 31.8 Å². The summed E-state index contributed by atoms with van der Waals surface area (Å²) in [5.41, 5.74) is 0.781. The van der Waals surface area contributed by atoms with E-state index in [-0.39, 0.29) is 25.1 Å². The monoisotopic (exact) mass is 445 g/mol. The number of ether oxygens (including phenoxy) is 1. The Bertz CT molecular complexity index is 810. The Balaban J connectivity index is 2.11. The van der Waals surface area contributed by atoms with E-state index in [1.165, 1.54) is 11.9 Å². The van der Waals surface area contributed by atoms with Gasteiger partial charge in [-0.15, -0.1) is 0 Å². The fourth-order valence-electron chi connectivity index (χ4n) is 2.94. The molecule has 0 spiro atoms. The standard InChI is InChI=1S/C19H28ClN3O5S/c1-14(19(25)21-11-17-5-4-10-28-17)23(12-15-6-8-16(20)9-7-15)18(24)13-22(2)29(3,26)27/h6-9,14,17H,4-5,10-13H2,1-3H3,(H,21,25). The van der Waals surface area contributed by atoms with Crippen molar-refractivity contribution in [3.63, 3.8) is 0 Å². The van der Waals surface area contributed by atoms with Gasteiger partial charge in [0.15, 0.2) is 0 Å². The lowest BCUT2D eigenvalue weighted by Gasteiger charge is -2.30. The van der Waals surface area contributed by atoms with E-state index in [9.17, 15) is 18.0 Å². The van der Waals surface area contributed by atoms with Crippen LogP contribution in [0.5, 0.6) is 0 Å². The van der Waals surface area contributed by atoms with Crippen LogP contribution in [0.4, 0.5) is 0 Å². The highest BCUT2D eigenvalue weighted by atomic mass is 35.5. The van der Waals surface area contributed by atoms with Crippen LogP contribution in [0.2, 0.25) is 5.02 Å². The second-order valence-corrected chi connectivity index (χ2v) is 9.75. The molecule has 29 heavy (non-hydrogen) atoms. The number of hydrogen-bond acceptors (Lipinski definition) is 5. The van der Waals surface area contributed by atoms with Crippen molar-refractivity contribution in [1.29, 1.82) is 0 Å². The van der Waals surface area contributed by atoms with Crippen molar-refractivity contribution in [2.24, 2.45) is 0 Å². The fourth-order valence-corrected chi connectivity index (χ4v) is 3.41. The summed E-state index contributed by atoms with van der Waals surface area (Å²) in [4.78, 5) is 26.9. The molecule has 2 rings (SSSR count). The van der Waals surface area contributed by atoms with Crippen LogP contribution in [0.15, 0.2) is 24.3 Å². The third kappa shape index (κ3) is 7.26. The molecular weight excluding hydrogens is 418 g/mol. The SMILES string of the molecule is CC(C(=O)NCC1CCCO1)N(Cc1ccc(Cl)cc1)C(=O)CN(C)S(C)(=O)=O. The number of carbonyl (C=O) groups is 2. The van der Waals surface area contributed by atoms with Gasteiger partial charge >= 0.3 is 0 Å². The van der Waals surface area contributed by atoms with Crippen LogP contribution in [-0.4, -0.2) is 74.6 Å². The average Bonchev–Trinajstić information content (AvgIpc) is 3.17. The second-order valence-electron chi connectivity index (χ2n) is 7.22. The van der Waals surface area contributed by atoms with Crippen LogP contribution >= 0.6 is 11.6 Å². The lowest BCUT2D eigenvalue weighted by Crippen LogP contribution is -2.51. The highest BCUT2D eigenvalue weighted by molar-refractivity contribution is 7.88. The molecule has 10 heteroatoms. The number of rotatable bonds is 9. The maximum atomic E-state index is 12.9. The molecule has 1 saturated heterocycles. The Morgan fingerprint density at radius 3 is 2.52 bits per heavy atom. The van der Waals surface area contributed by atoms with Gasteiger partial charge in [-0.1, -0.05) is 23.7 Å². The fraction of sp³-hybridized carbons (Fsp3) is 0.579. The van der Waals surface area contributed by atoms with E-state index in [2.05, 4.69) is 5.32 Å². The van der Waals surface area contributed by atoms with Crippen molar-refractivity contribution in [2.45, 2.75) is 38.5 Å². The van der Waals surface area contributed by atoms with E-state index in [1.54, 1.807) is 31.2 Å². The Hall–Kier alpha value is -1.68. The molecule has 1 heterocycles. The summed E-state index contributed by atoms with van der Waals surface area (Å²) >= 11 is 5.92. The van der Waals surface area contributed by atoms with Crippen molar-refractivity contribution in [3.8, 4) is 0 Å². The lowest BCUT2D eigenvalue weighted by atomic mass is 10.1. The summed E-state index contributed by atoms with van der Waals surface area (Å²) in [6.45, 7) is 2.50. The Labute approximate surface area is 177 Å². The average molecular weight is 446 g/mol. The summed E-state index contributed by atoms with van der Waals surface area (Å²) in [6.07, 6.45) is 2.88.